The van der Waals surface area contributed by atoms with Gasteiger partial charge in [0.1, 0.15) is 28.9 Å². The fourth-order valence-electron chi connectivity index (χ4n) is 2.58. The molecular weight excluding hydrogens is 356 g/mol. The molecule has 0 aliphatic carbocycles. The lowest BCUT2D eigenvalue weighted by molar-refractivity contribution is 0.0694. The highest BCUT2D eigenvalue weighted by molar-refractivity contribution is 5.93. The molecule has 7 nitrogen and oxygen atoms in total. The Kier molecular flexibility index (Phi) is 5.86. The van der Waals surface area contributed by atoms with Crippen molar-refractivity contribution in [3.8, 4) is 11.5 Å². The van der Waals surface area contributed by atoms with Crippen LogP contribution in [-0.4, -0.2) is 26.0 Å². The fraction of sp³-hybridized carbons (Fsp3) is 0.0952. The Hall–Kier alpha value is -3.87. The van der Waals surface area contributed by atoms with Crippen LogP contribution in [0.25, 0.3) is 11.0 Å². The number of aromatic carboxylic acids is 1. The molecule has 4 aromatic rings. The molecule has 0 unspecified atom stereocenters. The van der Waals surface area contributed by atoms with Crippen molar-refractivity contribution < 1.29 is 14.6 Å². The van der Waals surface area contributed by atoms with E-state index in [2.05, 4.69) is 20.3 Å². The summed E-state index contributed by atoms with van der Waals surface area (Å²) in [7, 11) is 0. The topological polar surface area (TPSA) is 100 Å². The molecule has 2 heterocycles. The number of hydrogen-bond acceptors (Lipinski definition) is 5. The van der Waals surface area contributed by atoms with Crippen molar-refractivity contribution in [2.75, 3.05) is 5.32 Å². The highest BCUT2D eigenvalue weighted by Crippen LogP contribution is 2.30. The summed E-state index contributed by atoms with van der Waals surface area (Å²) in [6, 6.07) is 15.7. The standard InChI is InChI=1S/C19H14N4O3.C2H6/c24-19(25)14-10-12(6-7-16(14)26-13-4-2-1-3-5-13)23-18-17-15(8-9-20-17)21-11-22-18;1-2/h1-11,20H,(H,24,25)(H,21,22,23);1-2H3. The average Bonchev–Trinajstić information content (AvgIpc) is 3.21. The number of rotatable bonds is 5. The minimum absolute atomic E-state index is 0.0515. The lowest BCUT2D eigenvalue weighted by Gasteiger charge is -2.12. The first kappa shape index (κ1) is 18.9. The van der Waals surface area contributed by atoms with E-state index in [0.717, 1.165) is 11.0 Å². The van der Waals surface area contributed by atoms with Crippen LogP contribution in [0.5, 0.6) is 11.5 Å². The molecule has 0 amide bonds. The predicted octanol–water partition coefficient (Wildman–Crippen LogP) is 5.22. The van der Waals surface area contributed by atoms with Gasteiger partial charge in [0.2, 0.25) is 0 Å². The van der Waals surface area contributed by atoms with Crippen LogP contribution in [0.3, 0.4) is 0 Å². The minimum Gasteiger partial charge on any atom is -0.478 e. The van der Waals surface area contributed by atoms with Crippen molar-refractivity contribution in [3.63, 3.8) is 0 Å². The maximum absolute atomic E-state index is 11.6. The van der Waals surface area contributed by atoms with Crippen molar-refractivity contribution >= 4 is 28.5 Å². The van der Waals surface area contributed by atoms with Gasteiger partial charge >= 0.3 is 5.97 Å². The Bertz CT molecular complexity index is 1080. The van der Waals surface area contributed by atoms with Crippen LogP contribution >= 0.6 is 0 Å². The van der Waals surface area contributed by atoms with Crippen LogP contribution in [0.1, 0.15) is 24.2 Å². The first-order valence-electron chi connectivity index (χ1n) is 8.86. The zero-order valence-electron chi connectivity index (χ0n) is 15.5. The Balaban J connectivity index is 0.00000109. The van der Waals surface area contributed by atoms with Gasteiger partial charge in [0.05, 0.1) is 5.52 Å². The molecule has 2 aromatic carbocycles. The second-order valence-corrected chi connectivity index (χ2v) is 5.52. The van der Waals surface area contributed by atoms with Gasteiger partial charge in [-0.1, -0.05) is 32.0 Å². The fourth-order valence-corrected chi connectivity index (χ4v) is 2.58. The second-order valence-electron chi connectivity index (χ2n) is 5.52. The van der Waals surface area contributed by atoms with Crippen LogP contribution in [0, 0.1) is 0 Å². The number of hydrogen-bond donors (Lipinski definition) is 3. The number of anilines is 2. The molecule has 4 rings (SSSR count). The van der Waals surface area contributed by atoms with Crippen molar-refractivity contribution in [1.29, 1.82) is 0 Å². The summed E-state index contributed by atoms with van der Waals surface area (Å²) in [6.45, 7) is 4.00. The molecule has 0 radical (unpaired) electrons. The van der Waals surface area contributed by atoms with E-state index < -0.39 is 5.97 Å². The van der Waals surface area contributed by atoms with E-state index in [-0.39, 0.29) is 11.3 Å². The second kappa shape index (κ2) is 8.68. The van der Waals surface area contributed by atoms with Gasteiger partial charge in [-0.05, 0) is 36.4 Å². The number of carboxylic acid groups (broad SMARTS) is 1. The summed E-state index contributed by atoms with van der Waals surface area (Å²) >= 11 is 0. The summed E-state index contributed by atoms with van der Waals surface area (Å²) in [5.41, 5.74) is 2.15. The van der Waals surface area contributed by atoms with Crippen molar-refractivity contribution in [2.24, 2.45) is 0 Å². The summed E-state index contributed by atoms with van der Waals surface area (Å²) in [5, 5.41) is 12.7. The number of para-hydroxylation sites is 1. The molecule has 0 saturated carbocycles. The van der Waals surface area contributed by atoms with E-state index >= 15 is 0 Å². The number of benzene rings is 2. The average molecular weight is 376 g/mol. The first-order chi connectivity index (χ1) is 13.7. The van der Waals surface area contributed by atoms with E-state index in [1.54, 1.807) is 30.5 Å². The van der Waals surface area contributed by atoms with Crippen LogP contribution < -0.4 is 10.1 Å². The number of aromatic amines is 1. The molecule has 0 saturated heterocycles. The number of carboxylic acids is 1. The van der Waals surface area contributed by atoms with E-state index in [1.807, 2.05) is 38.1 Å². The Morgan fingerprint density at radius 2 is 1.86 bits per heavy atom. The Labute approximate surface area is 162 Å². The molecule has 28 heavy (non-hydrogen) atoms. The number of nitrogens with one attached hydrogen (secondary N) is 2. The quantitative estimate of drug-likeness (QED) is 0.442. The third-order valence-electron chi connectivity index (χ3n) is 3.79. The zero-order chi connectivity index (χ0) is 19.9. The molecule has 142 valence electrons. The van der Waals surface area contributed by atoms with E-state index in [9.17, 15) is 9.90 Å². The molecule has 7 heteroatoms. The third kappa shape index (κ3) is 4.09. The van der Waals surface area contributed by atoms with Crippen LogP contribution in [0.2, 0.25) is 0 Å². The lowest BCUT2D eigenvalue weighted by Crippen LogP contribution is -2.02. The summed E-state index contributed by atoms with van der Waals surface area (Å²) in [6.07, 6.45) is 3.22. The maximum atomic E-state index is 11.6. The van der Waals surface area contributed by atoms with E-state index in [1.165, 1.54) is 12.4 Å². The minimum atomic E-state index is -1.08. The number of fused-ring (bicyclic) bond motifs is 1. The number of carbonyl (C=O) groups is 1. The molecule has 0 spiro atoms. The van der Waals surface area contributed by atoms with Gasteiger partial charge in [-0.15, -0.1) is 0 Å². The van der Waals surface area contributed by atoms with Crippen LogP contribution in [0.4, 0.5) is 11.5 Å². The number of nitrogens with zero attached hydrogens (tertiary/aromatic N) is 2. The summed E-state index contributed by atoms with van der Waals surface area (Å²) < 4.78 is 5.69. The molecule has 0 fully saturated rings. The predicted molar refractivity (Wildman–Crippen MR) is 108 cm³/mol. The largest absolute Gasteiger partial charge is 0.478 e. The molecular formula is C21H20N4O3. The number of aromatic nitrogens is 3. The highest BCUT2D eigenvalue weighted by Gasteiger charge is 2.14. The van der Waals surface area contributed by atoms with Crippen LogP contribution in [-0.2, 0) is 0 Å². The SMILES string of the molecule is CC.O=C(O)c1cc(Nc2ncnc3cc[nH]c23)ccc1Oc1ccccc1. The first-order valence-corrected chi connectivity index (χ1v) is 8.86. The lowest BCUT2D eigenvalue weighted by atomic mass is 10.1. The molecule has 2 aromatic heterocycles. The molecule has 0 atom stereocenters. The Morgan fingerprint density at radius 1 is 1.07 bits per heavy atom. The van der Waals surface area contributed by atoms with E-state index in [0.29, 0.717) is 17.3 Å². The number of H-pyrrole nitrogens is 1. The molecule has 0 bridgehead atoms. The summed E-state index contributed by atoms with van der Waals surface area (Å²) in [4.78, 5) is 23.1. The monoisotopic (exact) mass is 376 g/mol. The van der Waals surface area contributed by atoms with E-state index in [4.69, 9.17) is 4.74 Å². The smallest absolute Gasteiger partial charge is 0.339 e. The van der Waals surface area contributed by atoms with Crippen molar-refractivity contribution in [2.45, 2.75) is 13.8 Å². The highest BCUT2D eigenvalue weighted by atomic mass is 16.5. The van der Waals surface area contributed by atoms with Gasteiger partial charge in [0.25, 0.3) is 0 Å². The molecule has 3 N–H and O–H groups in total. The maximum Gasteiger partial charge on any atom is 0.339 e. The van der Waals surface area contributed by atoms with Crippen LogP contribution in [0.15, 0.2) is 67.1 Å². The zero-order valence-corrected chi connectivity index (χ0v) is 15.5. The summed E-state index contributed by atoms with van der Waals surface area (Å²) in [5.74, 6) is 0.321. The third-order valence-corrected chi connectivity index (χ3v) is 3.79. The molecule has 0 aliphatic rings. The van der Waals surface area contributed by atoms with Gasteiger partial charge in [-0.25, -0.2) is 14.8 Å². The normalized spacial score (nSPS) is 10.1. The van der Waals surface area contributed by atoms with Crippen molar-refractivity contribution in [3.05, 3.63) is 72.7 Å². The number of ether oxygens (including phenoxy) is 1. The Morgan fingerprint density at radius 3 is 2.61 bits per heavy atom. The van der Waals surface area contributed by atoms with Gasteiger partial charge < -0.3 is 20.1 Å². The van der Waals surface area contributed by atoms with Crippen molar-refractivity contribution in [1.82, 2.24) is 15.0 Å². The van der Waals surface area contributed by atoms with Gasteiger partial charge in [0, 0.05) is 11.9 Å². The van der Waals surface area contributed by atoms with Gasteiger partial charge in [-0.2, -0.15) is 0 Å². The van der Waals surface area contributed by atoms with Gasteiger partial charge in [0.15, 0.2) is 5.82 Å². The molecule has 0 aliphatic heterocycles. The van der Waals surface area contributed by atoms with Gasteiger partial charge in [-0.3, -0.25) is 0 Å².